The molecule has 0 aliphatic carbocycles. The summed E-state index contributed by atoms with van der Waals surface area (Å²) in [4.78, 5) is 38.6. The normalized spacial score (nSPS) is 11.1. The molecule has 0 aliphatic heterocycles. The van der Waals surface area contributed by atoms with Crippen molar-refractivity contribution in [2.24, 2.45) is 0 Å². The lowest BCUT2D eigenvalue weighted by Gasteiger charge is -2.14. The molecule has 0 unspecified atom stereocenters. The number of carbonyl (C=O) groups excluding carboxylic acids is 2. The van der Waals surface area contributed by atoms with Crippen molar-refractivity contribution in [1.82, 2.24) is 25.2 Å². The highest BCUT2D eigenvalue weighted by Crippen LogP contribution is 2.22. The molecule has 0 aliphatic rings. The van der Waals surface area contributed by atoms with Crippen LogP contribution in [0.3, 0.4) is 0 Å². The molecule has 0 radical (unpaired) electrons. The minimum Gasteiger partial charge on any atom is -0.318 e. The number of halogens is 1. The van der Waals surface area contributed by atoms with E-state index in [-0.39, 0.29) is 17.3 Å². The fourth-order valence-electron chi connectivity index (χ4n) is 3.94. The van der Waals surface area contributed by atoms with Crippen molar-refractivity contribution in [3.8, 4) is 5.69 Å². The summed E-state index contributed by atoms with van der Waals surface area (Å²) < 4.78 is 3.19. The Labute approximate surface area is 201 Å². The van der Waals surface area contributed by atoms with Gasteiger partial charge in [-0.15, -0.1) is 0 Å². The average molecular weight is 478 g/mol. The minimum atomic E-state index is -0.620. The smallest absolute Gasteiger partial charge is 0.290 e. The molecule has 4 aromatic rings. The number of aromatic nitrogens is 3. The second-order valence-electron chi connectivity index (χ2n) is 8.24. The fourth-order valence-corrected chi connectivity index (χ4v) is 4.07. The Hall–Kier alpha value is -3.91. The number of carbonyl (C=O) groups is 2. The molecule has 2 heterocycles. The molecule has 2 N–H and O–H groups in total. The molecule has 8 nitrogen and oxygen atoms in total. The number of hydrogen-bond donors (Lipinski definition) is 2. The van der Waals surface area contributed by atoms with Crippen LogP contribution in [-0.2, 0) is 0 Å². The molecule has 0 fully saturated rings. The molecule has 174 valence electrons. The lowest BCUT2D eigenvalue weighted by molar-refractivity contribution is 0.0843. The number of benzene rings is 2. The van der Waals surface area contributed by atoms with E-state index in [1.54, 1.807) is 42.5 Å². The molecular weight excluding hydrogens is 454 g/mol. The van der Waals surface area contributed by atoms with Crippen LogP contribution in [0.5, 0.6) is 0 Å². The van der Waals surface area contributed by atoms with E-state index in [1.807, 2.05) is 44.4 Å². The number of rotatable bonds is 4. The van der Waals surface area contributed by atoms with Crippen molar-refractivity contribution < 1.29 is 9.59 Å². The first-order valence-corrected chi connectivity index (χ1v) is 11.1. The van der Waals surface area contributed by atoms with E-state index < -0.39 is 11.8 Å². The molecule has 2 aromatic heterocycles. The highest BCUT2D eigenvalue weighted by Gasteiger charge is 2.20. The first-order valence-electron chi connectivity index (χ1n) is 10.8. The molecule has 34 heavy (non-hydrogen) atoms. The third-order valence-corrected chi connectivity index (χ3v) is 5.83. The van der Waals surface area contributed by atoms with Gasteiger partial charge in [-0.25, -0.2) is 4.68 Å². The van der Waals surface area contributed by atoms with Gasteiger partial charge in [0, 0.05) is 27.5 Å². The lowest BCUT2D eigenvalue weighted by Crippen LogP contribution is -2.43. The molecule has 0 spiro atoms. The van der Waals surface area contributed by atoms with Gasteiger partial charge in [0.2, 0.25) is 0 Å². The van der Waals surface area contributed by atoms with E-state index >= 15 is 0 Å². The quantitative estimate of drug-likeness (QED) is 0.432. The molecule has 2 amide bonds. The average Bonchev–Trinajstić information content (AvgIpc) is 3.12. The Bertz CT molecular complexity index is 1470. The number of hydrazine groups is 1. The maximum atomic E-state index is 13.0. The number of nitrogens with one attached hydrogen (secondary N) is 2. The second-order valence-corrected chi connectivity index (χ2v) is 8.68. The first kappa shape index (κ1) is 23.3. The number of hydrogen-bond acceptors (Lipinski definition) is 4. The summed E-state index contributed by atoms with van der Waals surface area (Å²) in [5.74, 6) is -1.09. The third-order valence-electron chi connectivity index (χ3n) is 5.58. The summed E-state index contributed by atoms with van der Waals surface area (Å²) in [5.41, 5.74) is 7.53. The molecule has 2 aromatic carbocycles. The topological polar surface area (TPSA) is 98.0 Å². The summed E-state index contributed by atoms with van der Waals surface area (Å²) in [6.07, 6.45) is 0. The van der Waals surface area contributed by atoms with Crippen LogP contribution in [-0.4, -0.2) is 26.2 Å². The van der Waals surface area contributed by atoms with Crippen molar-refractivity contribution >= 4 is 34.2 Å². The molecular formula is C25H24ClN5O3. The van der Waals surface area contributed by atoms with E-state index in [2.05, 4.69) is 16.0 Å². The number of aryl methyl sites for hydroxylation is 1. The predicted octanol–water partition coefficient (Wildman–Crippen LogP) is 4.11. The van der Waals surface area contributed by atoms with Crippen molar-refractivity contribution in [2.75, 3.05) is 0 Å². The maximum Gasteiger partial charge on any atom is 0.290 e. The summed E-state index contributed by atoms with van der Waals surface area (Å²) in [5, 5.41) is 5.68. The van der Waals surface area contributed by atoms with Gasteiger partial charge in [-0.3, -0.25) is 25.2 Å². The van der Waals surface area contributed by atoms with Gasteiger partial charge < -0.3 is 4.57 Å². The Kier molecular flexibility index (Phi) is 6.26. The molecule has 0 atom stereocenters. The summed E-state index contributed by atoms with van der Waals surface area (Å²) >= 11 is 5.99. The van der Waals surface area contributed by atoms with Gasteiger partial charge in [0.15, 0.2) is 5.69 Å². The third kappa shape index (κ3) is 4.20. The van der Waals surface area contributed by atoms with Crippen LogP contribution >= 0.6 is 11.6 Å². The SMILES string of the molecule is Cc1cc(C(=O)NNC(=O)c2nn(C(C)C)c(=O)c3ccccc23)c(C)n1-c1ccc(Cl)cc1. The standard InChI is InChI=1S/C25H24ClN5O3/c1-14(2)31-25(34)20-8-6-5-7-19(20)22(29-31)24(33)28-27-23(32)21-13-15(3)30(16(21)4)18-11-9-17(26)10-12-18/h5-14H,1-4H3,(H,27,32)(H,28,33). The Morgan fingerprint density at radius 2 is 1.56 bits per heavy atom. The van der Waals surface area contributed by atoms with E-state index in [4.69, 9.17) is 11.6 Å². The van der Waals surface area contributed by atoms with Crippen molar-refractivity contribution in [3.63, 3.8) is 0 Å². The van der Waals surface area contributed by atoms with Crippen molar-refractivity contribution in [3.05, 3.63) is 92.6 Å². The van der Waals surface area contributed by atoms with Gasteiger partial charge in [-0.05, 0) is 64.1 Å². The molecule has 4 rings (SSSR count). The lowest BCUT2D eigenvalue weighted by atomic mass is 10.1. The van der Waals surface area contributed by atoms with Crippen molar-refractivity contribution in [2.45, 2.75) is 33.7 Å². The Balaban J connectivity index is 1.60. The Morgan fingerprint density at radius 1 is 0.941 bits per heavy atom. The van der Waals surface area contributed by atoms with Gasteiger partial charge in [-0.2, -0.15) is 5.10 Å². The fraction of sp³-hybridized carbons (Fsp3) is 0.200. The van der Waals surface area contributed by atoms with Crippen molar-refractivity contribution in [1.29, 1.82) is 0 Å². The van der Waals surface area contributed by atoms with Crippen LogP contribution in [0.4, 0.5) is 0 Å². The molecule has 0 saturated carbocycles. The van der Waals surface area contributed by atoms with E-state index in [0.29, 0.717) is 27.1 Å². The van der Waals surface area contributed by atoms with Crippen LogP contribution in [0.15, 0.2) is 59.4 Å². The molecule has 0 bridgehead atoms. The summed E-state index contributed by atoms with van der Waals surface area (Å²) in [6, 6.07) is 15.6. The predicted molar refractivity (Wildman–Crippen MR) is 132 cm³/mol. The van der Waals surface area contributed by atoms with Gasteiger partial charge in [0.25, 0.3) is 17.4 Å². The van der Waals surface area contributed by atoms with Gasteiger partial charge in [0.1, 0.15) is 0 Å². The molecule has 0 saturated heterocycles. The van der Waals surface area contributed by atoms with Crippen LogP contribution in [0.25, 0.3) is 16.5 Å². The summed E-state index contributed by atoms with van der Waals surface area (Å²) in [7, 11) is 0. The zero-order valence-corrected chi connectivity index (χ0v) is 20.0. The maximum absolute atomic E-state index is 13.0. The van der Waals surface area contributed by atoms with E-state index in [0.717, 1.165) is 11.4 Å². The van der Waals surface area contributed by atoms with Crippen LogP contribution in [0, 0.1) is 13.8 Å². The molecule has 9 heteroatoms. The highest BCUT2D eigenvalue weighted by molar-refractivity contribution is 6.30. The number of fused-ring (bicyclic) bond motifs is 1. The van der Waals surface area contributed by atoms with E-state index in [1.165, 1.54) is 4.68 Å². The largest absolute Gasteiger partial charge is 0.318 e. The van der Waals surface area contributed by atoms with E-state index in [9.17, 15) is 14.4 Å². The second kappa shape index (κ2) is 9.15. The number of amides is 2. The van der Waals surface area contributed by atoms with Gasteiger partial charge >= 0.3 is 0 Å². The zero-order valence-electron chi connectivity index (χ0n) is 19.2. The highest BCUT2D eigenvalue weighted by atomic mass is 35.5. The van der Waals surface area contributed by atoms with Crippen LogP contribution in [0.1, 0.15) is 52.1 Å². The van der Waals surface area contributed by atoms with Crippen LogP contribution in [0.2, 0.25) is 5.02 Å². The van der Waals surface area contributed by atoms with Crippen LogP contribution < -0.4 is 16.4 Å². The first-order chi connectivity index (χ1) is 16.2. The zero-order chi connectivity index (χ0) is 24.6. The Morgan fingerprint density at radius 3 is 2.21 bits per heavy atom. The van der Waals surface area contributed by atoms with Gasteiger partial charge in [-0.1, -0.05) is 29.8 Å². The summed E-state index contributed by atoms with van der Waals surface area (Å²) in [6.45, 7) is 7.33. The number of nitrogens with zero attached hydrogens (tertiary/aromatic N) is 3. The monoisotopic (exact) mass is 477 g/mol. The minimum absolute atomic E-state index is 0.0517. The van der Waals surface area contributed by atoms with Gasteiger partial charge in [0.05, 0.1) is 17.0 Å².